The molecule has 1 unspecified atom stereocenters. The van der Waals surface area contributed by atoms with Gasteiger partial charge in [-0.2, -0.15) is 12.7 Å². The highest BCUT2D eigenvalue weighted by atomic mass is 32.2. The average Bonchev–Trinajstić information content (AvgIpc) is 2.76. The van der Waals surface area contributed by atoms with Crippen LogP contribution in [0.4, 0.5) is 0 Å². The molecule has 0 bridgehead atoms. The van der Waals surface area contributed by atoms with Gasteiger partial charge in [0, 0.05) is 6.54 Å². The van der Waals surface area contributed by atoms with Crippen molar-refractivity contribution in [2.24, 2.45) is 11.3 Å². The number of ether oxygens (including phenoxy) is 1. The Morgan fingerprint density at radius 1 is 1.27 bits per heavy atom. The van der Waals surface area contributed by atoms with Crippen LogP contribution in [0.5, 0.6) is 0 Å². The maximum absolute atomic E-state index is 12.1. The molecule has 1 heterocycles. The summed E-state index contributed by atoms with van der Waals surface area (Å²) in [7, 11) is -3.75. The van der Waals surface area contributed by atoms with Gasteiger partial charge >= 0.3 is 16.2 Å². The van der Waals surface area contributed by atoms with Gasteiger partial charge in [0.1, 0.15) is 0 Å². The SMILES string of the molecule is CC(COC(=O)c1ccc(CN2CC(=O)NS2(=O)=O)cc1)CC(C)(C)C. The number of nitrogens with one attached hydrogen (secondary N) is 1. The third-order valence-corrected chi connectivity index (χ3v) is 5.33. The molecule has 7 nitrogen and oxygen atoms in total. The van der Waals surface area contributed by atoms with Gasteiger partial charge in [0.05, 0.1) is 18.7 Å². The second-order valence-electron chi connectivity index (χ2n) is 7.96. The summed E-state index contributed by atoms with van der Waals surface area (Å²) in [5, 5.41) is 0. The molecule has 1 fully saturated rings. The van der Waals surface area contributed by atoms with Crippen molar-refractivity contribution in [2.75, 3.05) is 13.2 Å². The second-order valence-corrected chi connectivity index (χ2v) is 9.63. The molecule has 1 saturated heterocycles. The molecule has 26 heavy (non-hydrogen) atoms. The normalized spacial score (nSPS) is 18.4. The zero-order chi connectivity index (χ0) is 19.5. The van der Waals surface area contributed by atoms with Crippen LogP contribution in [-0.4, -0.2) is 37.8 Å². The van der Waals surface area contributed by atoms with Crippen molar-refractivity contribution in [1.29, 1.82) is 0 Å². The molecule has 1 N–H and O–H groups in total. The molecule has 1 amide bonds. The third-order valence-electron chi connectivity index (χ3n) is 3.91. The summed E-state index contributed by atoms with van der Waals surface area (Å²) in [4.78, 5) is 23.4. The van der Waals surface area contributed by atoms with Crippen molar-refractivity contribution >= 4 is 22.1 Å². The molecule has 0 aliphatic carbocycles. The Morgan fingerprint density at radius 2 is 1.88 bits per heavy atom. The van der Waals surface area contributed by atoms with Crippen molar-refractivity contribution in [3.63, 3.8) is 0 Å². The lowest BCUT2D eigenvalue weighted by Gasteiger charge is -2.22. The number of nitrogens with zero attached hydrogens (tertiary/aromatic N) is 1. The van der Waals surface area contributed by atoms with Gasteiger partial charge in [-0.25, -0.2) is 9.52 Å². The van der Waals surface area contributed by atoms with Crippen LogP contribution < -0.4 is 4.72 Å². The van der Waals surface area contributed by atoms with E-state index in [1.54, 1.807) is 24.3 Å². The third kappa shape index (κ3) is 5.81. The number of rotatable bonds is 6. The minimum absolute atomic E-state index is 0.0685. The zero-order valence-electron chi connectivity index (χ0n) is 15.6. The topological polar surface area (TPSA) is 92.8 Å². The molecule has 1 aliphatic rings. The molecule has 8 heteroatoms. The monoisotopic (exact) mass is 382 g/mol. The van der Waals surface area contributed by atoms with E-state index in [0.29, 0.717) is 17.7 Å². The van der Waals surface area contributed by atoms with Gasteiger partial charge in [0.2, 0.25) is 5.91 Å². The van der Waals surface area contributed by atoms with Gasteiger partial charge in [-0.05, 0) is 35.4 Å². The molecular weight excluding hydrogens is 356 g/mol. The van der Waals surface area contributed by atoms with Crippen LogP contribution in [0, 0.1) is 11.3 Å². The maximum Gasteiger partial charge on any atom is 0.338 e. The number of hydrogen-bond donors (Lipinski definition) is 1. The summed E-state index contributed by atoms with van der Waals surface area (Å²) in [6.07, 6.45) is 0.955. The Hall–Kier alpha value is -1.93. The van der Waals surface area contributed by atoms with Gasteiger partial charge in [0.15, 0.2) is 0 Å². The van der Waals surface area contributed by atoms with E-state index < -0.39 is 22.1 Å². The Kier molecular flexibility index (Phi) is 6.08. The lowest BCUT2D eigenvalue weighted by molar-refractivity contribution is -0.118. The predicted molar refractivity (Wildman–Crippen MR) is 97.4 cm³/mol. The van der Waals surface area contributed by atoms with Crippen LogP contribution in [-0.2, 0) is 26.3 Å². The molecule has 0 spiro atoms. The first-order valence-electron chi connectivity index (χ1n) is 8.53. The van der Waals surface area contributed by atoms with E-state index in [4.69, 9.17) is 4.74 Å². The van der Waals surface area contributed by atoms with Crippen molar-refractivity contribution in [2.45, 2.75) is 40.7 Å². The van der Waals surface area contributed by atoms with Crippen LogP contribution in [0.2, 0.25) is 0 Å². The fraction of sp³-hybridized carbons (Fsp3) is 0.556. The zero-order valence-corrected chi connectivity index (χ0v) is 16.4. The van der Waals surface area contributed by atoms with E-state index in [9.17, 15) is 18.0 Å². The second kappa shape index (κ2) is 7.75. The highest BCUT2D eigenvalue weighted by Gasteiger charge is 2.33. The van der Waals surface area contributed by atoms with Gasteiger partial charge in [-0.15, -0.1) is 0 Å². The van der Waals surface area contributed by atoms with Gasteiger partial charge in [0.25, 0.3) is 0 Å². The van der Waals surface area contributed by atoms with Crippen molar-refractivity contribution in [3.8, 4) is 0 Å². The Bertz CT molecular complexity index is 766. The summed E-state index contributed by atoms with van der Waals surface area (Å²) >= 11 is 0. The summed E-state index contributed by atoms with van der Waals surface area (Å²) in [6, 6.07) is 6.52. The minimum atomic E-state index is -3.75. The van der Waals surface area contributed by atoms with Crippen LogP contribution >= 0.6 is 0 Å². The number of carbonyl (C=O) groups is 2. The molecule has 144 valence electrons. The van der Waals surface area contributed by atoms with E-state index >= 15 is 0 Å². The molecule has 1 aromatic rings. The molecule has 0 aromatic heterocycles. The lowest BCUT2D eigenvalue weighted by atomic mass is 9.86. The summed E-state index contributed by atoms with van der Waals surface area (Å²) in [5.41, 5.74) is 1.28. The van der Waals surface area contributed by atoms with E-state index in [-0.39, 0.29) is 24.4 Å². The van der Waals surface area contributed by atoms with Crippen molar-refractivity contribution in [1.82, 2.24) is 9.03 Å². The number of benzene rings is 1. The molecule has 2 rings (SSSR count). The standard InChI is InChI=1S/C18H26N2O5S/c1-13(9-18(2,3)4)12-25-17(22)15-7-5-14(6-8-15)10-20-11-16(21)19-26(20,23)24/h5-8,13H,9-12H2,1-4H3,(H,19,21). The van der Waals surface area contributed by atoms with Crippen molar-refractivity contribution < 1.29 is 22.7 Å². The highest BCUT2D eigenvalue weighted by Crippen LogP contribution is 2.24. The van der Waals surface area contributed by atoms with Gasteiger partial charge in [-0.3, -0.25) is 4.79 Å². The van der Waals surface area contributed by atoms with E-state index in [2.05, 4.69) is 20.8 Å². The average molecular weight is 382 g/mol. The van der Waals surface area contributed by atoms with Crippen LogP contribution in [0.15, 0.2) is 24.3 Å². The van der Waals surface area contributed by atoms with Crippen molar-refractivity contribution in [3.05, 3.63) is 35.4 Å². The first-order chi connectivity index (χ1) is 12.0. The summed E-state index contributed by atoms with van der Waals surface area (Å²) in [6.45, 7) is 8.72. The van der Waals surface area contributed by atoms with Gasteiger partial charge < -0.3 is 4.74 Å². The maximum atomic E-state index is 12.1. The predicted octanol–water partition coefficient (Wildman–Crippen LogP) is 2.09. The quantitative estimate of drug-likeness (QED) is 0.761. The van der Waals surface area contributed by atoms with E-state index in [1.165, 1.54) is 0 Å². The summed E-state index contributed by atoms with van der Waals surface area (Å²) < 4.78 is 31.8. The molecule has 1 aromatic carbocycles. The Morgan fingerprint density at radius 3 is 2.38 bits per heavy atom. The van der Waals surface area contributed by atoms with Gasteiger partial charge in [-0.1, -0.05) is 39.8 Å². The number of carbonyl (C=O) groups excluding carboxylic acids is 2. The van der Waals surface area contributed by atoms with E-state index in [1.807, 2.05) is 11.6 Å². The Labute approximate surface area is 154 Å². The fourth-order valence-electron chi connectivity index (χ4n) is 2.98. The Balaban J connectivity index is 1.90. The first kappa shape index (κ1) is 20.4. The van der Waals surface area contributed by atoms with Crippen LogP contribution in [0.1, 0.15) is 50.0 Å². The molecule has 0 saturated carbocycles. The number of hydrogen-bond acceptors (Lipinski definition) is 5. The minimum Gasteiger partial charge on any atom is -0.462 e. The van der Waals surface area contributed by atoms with Crippen LogP contribution in [0.3, 0.4) is 0 Å². The first-order valence-corrected chi connectivity index (χ1v) is 9.97. The summed E-state index contributed by atoms with van der Waals surface area (Å²) in [5.74, 6) is -0.679. The lowest BCUT2D eigenvalue weighted by Crippen LogP contribution is -2.29. The fourth-order valence-corrected chi connectivity index (χ4v) is 4.07. The largest absolute Gasteiger partial charge is 0.462 e. The van der Waals surface area contributed by atoms with Crippen LogP contribution in [0.25, 0.3) is 0 Å². The molecule has 1 aliphatic heterocycles. The molecule has 0 radical (unpaired) electrons. The smallest absolute Gasteiger partial charge is 0.338 e. The number of esters is 1. The molecular formula is C18H26N2O5S. The molecule has 1 atom stereocenters. The number of amides is 1. The van der Waals surface area contributed by atoms with E-state index in [0.717, 1.165) is 10.7 Å². The highest BCUT2D eigenvalue weighted by molar-refractivity contribution is 7.88.